The molecule has 104 valence electrons. The van der Waals surface area contributed by atoms with Crippen molar-refractivity contribution in [2.45, 2.75) is 4.90 Å². The van der Waals surface area contributed by atoms with Gasteiger partial charge in [-0.15, -0.1) is 0 Å². The number of methoxy groups -OCH3 is 1. The summed E-state index contributed by atoms with van der Waals surface area (Å²) in [6, 6.07) is 14.2. The number of nitrogens with two attached hydrogens (primary N) is 1. The van der Waals surface area contributed by atoms with E-state index in [0.29, 0.717) is 0 Å². The molecule has 21 heavy (non-hydrogen) atoms. The molecule has 2 N–H and O–H groups in total. The summed E-state index contributed by atoms with van der Waals surface area (Å²) in [6.07, 6.45) is 1.75. The van der Waals surface area contributed by atoms with E-state index in [1.54, 1.807) is 17.7 Å². The molecule has 0 bridgehead atoms. The highest BCUT2D eigenvalue weighted by Gasteiger charge is 2.24. The van der Waals surface area contributed by atoms with Gasteiger partial charge in [-0.25, -0.2) is 10.3 Å². The van der Waals surface area contributed by atoms with Crippen LogP contribution >= 0.6 is 11.9 Å². The van der Waals surface area contributed by atoms with Crippen LogP contribution in [0, 0.1) is 0 Å². The number of pyridine rings is 1. The first-order valence-corrected chi connectivity index (χ1v) is 7.35. The number of rotatable bonds is 1. The molecule has 4 nitrogen and oxygen atoms in total. The van der Waals surface area contributed by atoms with E-state index in [4.69, 9.17) is 10.6 Å². The van der Waals surface area contributed by atoms with Crippen LogP contribution in [0.5, 0.6) is 5.75 Å². The molecule has 2 heterocycles. The van der Waals surface area contributed by atoms with Crippen LogP contribution in [0.3, 0.4) is 0 Å². The third kappa shape index (κ3) is 1.78. The fraction of sp³-hybridized carbons (Fsp3) is 0.0625. The molecule has 0 amide bonds. The second-order valence-electron chi connectivity index (χ2n) is 4.78. The number of hydrogen-bond acceptors (Lipinski definition) is 5. The van der Waals surface area contributed by atoms with E-state index in [9.17, 15) is 0 Å². The van der Waals surface area contributed by atoms with Crippen molar-refractivity contribution in [2.24, 2.45) is 5.84 Å². The average Bonchev–Trinajstić information content (AvgIpc) is 2.53. The molecule has 2 aromatic carbocycles. The second kappa shape index (κ2) is 4.65. The molecular formula is C16H13N3OS. The van der Waals surface area contributed by atoms with Gasteiger partial charge < -0.3 is 4.74 Å². The van der Waals surface area contributed by atoms with Crippen molar-refractivity contribution in [1.29, 1.82) is 0 Å². The Kier molecular flexibility index (Phi) is 2.77. The maximum absolute atomic E-state index is 6.23. The monoisotopic (exact) mass is 295 g/mol. The highest BCUT2D eigenvalue weighted by molar-refractivity contribution is 8.00. The topological polar surface area (TPSA) is 51.4 Å². The summed E-state index contributed by atoms with van der Waals surface area (Å²) in [4.78, 5) is 5.66. The van der Waals surface area contributed by atoms with E-state index in [1.807, 2.05) is 24.3 Å². The summed E-state index contributed by atoms with van der Waals surface area (Å²) >= 11 is 1.51. The van der Waals surface area contributed by atoms with E-state index in [-0.39, 0.29) is 0 Å². The van der Waals surface area contributed by atoms with E-state index >= 15 is 0 Å². The molecule has 0 atom stereocenters. The predicted molar refractivity (Wildman–Crippen MR) is 86.3 cm³/mol. The Morgan fingerprint density at radius 2 is 1.95 bits per heavy atom. The van der Waals surface area contributed by atoms with Gasteiger partial charge in [-0.05, 0) is 23.8 Å². The Bertz CT molecular complexity index is 850. The molecule has 4 rings (SSSR count). The highest BCUT2D eigenvalue weighted by Crippen LogP contribution is 2.48. The zero-order valence-corrected chi connectivity index (χ0v) is 12.2. The fourth-order valence-corrected chi connectivity index (χ4v) is 3.62. The van der Waals surface area contributed by atoms with Crippen molar-refractivity contribution in [3.63, 3.8) is 0 Å². The van der Waals surface area contributed by atoms with Gasteiger partial charge in [0.25, 0.3) is 0 Å². The third-order valence-corrected chi connectivity index (χ3v) is 4.59. The minimum atomic E-state index is 0.806. The van der Waals surface area contributed by atoms with Gasteiger partial charge in [-0.3, -0.25) is 4.98 Å². The van der Waals surface area contributed by atoms with Crippen LogP contribution < -0.4 is 15.0 Å². The zero-order valence-electron chi connectivity index (χ0n) is 11.4. The third-order valence-electron chi connectivity index (χ3n) is 3.66. The van der Waals surface area contributed by atoms with Crippen LogP contribution in [0.25, 0.3) is 22.0 Å². The number of hydrogen-bond donors (Lipinski definition) is 1. The summed E-state index contributed by atoms with van der Waals surface area (Å²) in [5.41, 5.74) is 4.07. The number of fused-ring (bicyclic) bond motifs is 5. The van der Waals surface area contributed by atoms with Crippen molar-refractivity contribution < 1.29 is 4.74 Å². The molecule has 0 unspecified atom stereocenters. The van der Waals surface area contributed by atoms with Gasteiger partial charge in [0.2, 0.25) is 0 Å². The lowest BCUT2D eigenvalue weighted by Crippen LogP contribution is -2.25. The molecule has 3 aromatic rings. The number of benzene rings is 2. The minimum Gasteiger partial charge on any atom is -0.496 e. The van der Waals surface area contributed by atoms with Gasteiger partial charge in [0.1, 0.15) is 11.3 Å². The minimum absolute atomic E-state index is 0.806. The standard InChI is InChI=1S/C16H13N3OS/c1-20-13-8-9-18-15-12(13)7-6-11-10-4-2-3-5-14(10)21-19(17)16(11)15/h2-9H,17H2,1H3. The summed E-state index contributed by atoms with van der Waals surface area (Å²) in [6.45, 7) is 0. The van der Waals surface area contributed by atoms with E-state index in [0.717, 1.165) is 32.8 Å². The first-order chi connectivity index (χ1) is 10.3. The lowest BCUT2D eigenvalue weighted by Gasteiger charge is -2.28. The van der Waals surface area contributed by atoms with E-state index < -0.39 is 0 Å². The SMILES string of the molecule is COc1ccnc2c3c(ccc12)-c1ccccc1SN3N. The molecule has 5 heteroatoms. The summed E-state index contributed by atoms with van der Waals surface area (Å²) in [5.74, 6) is 7.04. The molecule has 0 saturated carbocycles. The normalized spacial score (nSPS) is 13.0. The van der Waals surface area contributed by atoms with Gasteiger partial charge in [0.15, 0.2) is 0 Å². The Balaban J connectivity index is 2.09. The van der Waals surface area contributed by atoms with Crippen LogP contribution in [0.4, 0.5) is 5.69 Å². The van der Waals surface area contributed by atoms with Crippen molar-refractivity contribution in [2.75, 3.05) is 11.5 Å². The number of ether oxygens (including phenoxy) is 1. The Hall–Kier alpha value is -2.24. The summed E-state index contributed by atoms with van der Waals surface area (Å²) in [5, 5.41) is 0.967. The quantitative estimate of drug-likeness (QED) is 0.549. The molecule has 0 saturated heterocycles. The fourth-order valence-electron chi connectivity index (χ4n) is 2.72. The van der Waals surface area contributed by atoms with Crippen LogP contribution in [-0.4, -0.2) is 12.1 Å². The molecule has 1 aliphatic heterocycles. The molecule has 0 fully saturated rings. The zero-order chi connectivity index (χ0) is 14.4. The molecule has 1 aromatic heterocycles. The van der Waals surface area contributed by atoms with E-state index in [2.05, 4.69) is 23.2 Å². The average molecular weight is 295 g/mol. The first-order valence-electron chi connectivity index (χ1n) is 6.57. The van der Waals surface area contributed by atoms with Crippen LogP contribution in [-0.2, 0) is 0 Å². The van der Waals surface area contributed by atoms with Crippen molar-refractivity contribution in [3.05, 3.63) is 48.7 Å². The van der Waals surface area contributed by atoms with Crippen molar-refractivity contribution >= 4 is 28.5 Å². The molecular weight excluding hydrogens is 282 g/mol. The lowest BCUT2D eigenvalue weighted by molar-refractivity contribution is 0.419. The van der Waals surface area contributed by atoms with E-state index in [1.165, 1.54) is 17.5 Å². The van der Waals surface area contributed by atoms with Crippen LogP contribution in [0.15, 0.2) is 53.6 Å². The van der Waals surface area contributed by atoms with Gasteiger partial charge >= 0.3 is 0 Å². The second-order valence-corrected chi connectivity index (χ2v) is 5.80. The Labute approximate surface area is 126 Å². The molecule has 0 spiro atoms. The highest BCUT2D eigenvalue weighted by atomic mass is 32.2. The van der Waals surface area contributed by atoms with Crippen LogP contribution in [0.2, 0.25) is 0 Å². The van der Waals surface area contributed by atoms with Crippen molar-refractivity contribution in [1.82, 2.24) is 4.98 Å². The van der Waals surface area contributed by atoms with Gasteiger partial charge in [0, 0.05) is 34.0 Å². The van der Waals surface area contributed by atoms with Crippen LogP contribution in [0.1, 0.15) is 0 Å². The number of aromatic nitrogens is 1. The maximum Gasteiger partial charge on any atom is 0.129 e. The lowest BCUT2D eigenvalue weighted by atomic mass is 10.0. The maximum atomic E-state index is 6.23. The summed E-state index contributed by atoms with van der Waals surface area (Å²) < 4.78 is 7.10. The smallest absolute Gasteiger partial charge is 0.129 e. The first kappa shape index (κ1) is 12.5. The Morgan fingerprint density at radius 3 is 2.81 bits per heavy atom. The number of hydrazine groups is 1. The number of anilines is 1. The van der Waals surface area contributed by atoms with Crippen molar-refractivity contribution in [3.8, 4) is 16.9 Å². The van der Waals surface area contributed by atoms with Gasteiger partial charge in [-0.1, -0.05) is 24.3 Å². The molecule has 1 aliphatic rings. The number of nitrogens with zero attached hydrogens (tertiary/aromatic N) is 2. The summed E-state index contributed by atoms with van der Waals surface area (Å²) in [7, 11) is 1.67. The van der Waals surface area contributed by atoms with Gasteiger partial charge in [0.05, 0.1) is 12.8 Å². The molecule has 0 radical (unpaired) electrons. The van der Waals surface area contributed by atoms with Gasteiger partial charge in [-0.2, -0.15) is 0 Å². The Morgan fingerprint density at radius 1 is 1.10 bits per heavy atom. The predicted octanol–water partition coefficient (Wildman–Crippen LogP) is 3.61. The molecule has 0 aliphatic carbocycles. The largest absolute Gasteiger partial charge is 0.496 e.